The van der Waals surface area contributed by atoms with Crippen molar-refractivity contribution < 1.29 is 4.42 Å². The van der Waals surface area contributed by atoms with Crippen molar-refractivity contribution in [2.24, 2.45) is 0 Å². The van der Waals surface area contributed by atoms with E-state index in [4.69, 9.17) is 9.52 Å². The molecule has 4 nitrogen and oxygen atoms in total. The van der Waals surface area contributed by atoms with Crippen LogP contribution in [0.2, 0.25) is 0 Å². The molecule has 1 saturated carbocycles. The lowest BCUT2D eigenvalue weighted by atomic mass is 10.0. The Morgan fingerprint density at radius 3 is 2.86 bits per heavy atom. The fourth-order valence-electron chi connectivity index (χ4n) is 3.36. The van der Waals surface area contributed by atoms with Crippen LogP contribution in [0.1, 0.15) is 61.7 Å². The molecule has 1 atom stereocenters. The first kappa shape index (κ1) is 14.4. The van der Waals surface area contributed by atoms with Crippen LogP contribution in [0.3, 0.4) is 0 Å². The van der Waals surface area contributed by atoms with Crippen molar-refractivity contribution >= 4 is 0 Å². The molecule has 2 aromatic rings. The monoisotopic (exact) mass is 287 g/mol. The minimum Gasteiger partial charge on any atom is -0.469 e. The van der Waals surface area contributed by atoms with Gasteiger partial charge in [0.2, 0.25) is 0 Å². The van der Waals surface area contributed by atoms with E-state index in [1.165, 1.54) is 31.2 Å². The average molecular weight is 287 g/mol. The van der Waals surface area contributed by atoms with E-state index in [-0.39, 0.29) is 6.04 Å². The van der Waals surface area contributed by atoms with E-state index in [2.05, 4.69) is 35.3 Å². The van der Waals surface area contributed by atoms with E-state index in [9.17, 15) is 0 Å². The van der Waals surface area contributed by atoms with Crippen molar-refractivity contribution in [2.45, 2.75) is 58.0 Å². The number of aromatic nitrogens is 2. The third kappa shape index (κ3) is 3.21. The molecule has 114 valence electrons. The highest BCUT2D eigenvalue weighted by Crippen LogP contribution is 2.29. The summed E-state index contributed by atoms with van der Waals surface area (Å²) < 4.78 is 7.62. The van der Waals surface area contributed by atoms with Crippen LogP contribution in [-0.4, -0.2) is 16.3 Å². The molecule has 1 aliphatic rings. The minimum atomic E-state index is 0.278. The van der Waals surface area contributed by atoms with Crippen LogP contribution < -0.4 is 5.32 Å². The maximum Gasteiger partial charge on any atom is 0.105 e. The summed E-state index contributed by atoms with van der Waals surface area (Å²) in [6.45, 7) is 5.11. The van der Waals surface area contributed by atoms with Crippen molar-refractivity contribution in [3.05, 3.63) is 41.6 Å². The van der Waals surface area contributed by atoms with Gasteiger partial charge in [-0.05, 0) is 38.4 Å². The molecule has 2 heterocycles. The van der Waals surface area contributed by atoms with Gasteiger partial charge in [0.25, 0.3) is 0 Å². The van der Waals surface area contributed by atoms with Crippen molar-refractivity contribution in [1.29, 1.82) is 0 Å². The zero-order chi connectivity index (χ0) is 14.7. The van der Waals surface area contributed by atoms with Gasteiger partial charge in [-0.25, -0.2) is 0 Å². The molecule has 0 saturated heterocycles. The number of nitrogens with zero attached hydrogens (tertiary/aromatic N) is 2. The lowest BCUT2D eigenvalue weighted by Gasteiger charge is -2.16. The number of nitrogens with one attached hydrogen (secondary N) is 1. The largest absolute Gasteiger partial charge is 0.469 e. The maximum atomic E-state index is 5.45. The van der Waals surface area contributed by atoms with Crippen LogP contribution in [0.5, 0.6) is 0 Å². The van der Waals surface area contributed by atoms with E-state index in [0.29, 0.717) is 6.04 Å². The first-order valence-corrected chi connectivity index (χ1v) is 8.09. The predicted octanol–water partition coefficient (Wildman–Crippen LogP) is 3.79. The third-order valence-corrected chi connectivity index (χ3v) is 4.50. The Morgan fingerprint density at radius 1 is 1.38 bits per heavy atom. The number of aryl methyl sites for hydroxylation is 1. The van der Waals surface area contributed by atoms with E-state index in [0.717, 1.165) is 24.4 Å². The van der Waals surface area contributed by atoms with Gasteiger partial charge in [-0.15, -0.1) is 0 Å². The van der Waals surface area contributed by atoms with Gasteiger partial charge in [0.1, 0.15) is 5.76 Å². The fraction of sp³-hybridized carbons (Fsp3) is 0.588. The predicted molar refractivity (Wildman–Crippen MR) is 83.3 cm³/mol. The van der Waals surface area contributed by atoms with E-state index in [1.807, 2.05) is 6.92 Å². The fourth-order valence-corrected chi connectivity index (χ4v) is 3.36. The zero-order valence-electron chi connectivity index (χ0n) is 13.0. The van der Waals surface area contributed by atoms with Crippen LogP contribution in [-0.2, 0) is 6.42 Å². The van der Waals surface area contributed by atoms with Crippen LogP contribution >= 0.6 is 0 Å². The average Bonchev–Trinajstić information content (AvgIpc) is 3.18. The van der Waals surface area contributed by atoms with Gasteiger partial charge in [0.05, 0.1) is 18.0 Å². The summed E-state index contributed by atoms with van der Waals surface area (Å²) in [5.41, 5.74) is 2.40. The Kier molecular flexibility index (Phi) is 4.44. The van der Waals surface area contributed by atoms with Gasteiger partial charge >= 0.3 is 0 Å². The highest BCUT2D eigenvalue weighted by atomic mass is 16.3. The SMILES string of the molecule is CCNC(Cc1ccn(C2CCCC2)n1)c1ccoc1C. The molecule has 2 aromatic heterocycles. The van der Waals surface area contributed by atoms with Crippen LogP contribution in [0.25, 0.3) is 0 Å². The standard InChI is InChI=1S/C17H25N3O/c1-3-18-17(16-9-11-21-13(16)2)12-14-8-10-20(19-14)15-6-4-5-7-15/h8-11,15,17-18H,3-7,12H2,1-2H3. The van der Waals surface area contributed by atoms with Crippen LogP contribution in [0, 0.1) is 6.92 Å². The Morgan fingerprint density at radius 2 is 2.19 bits per heavy atom. The van der Waals surface area contributed by atoms with Gasteiger partial charge in [0.15, 0.2) is 0 Å². The van der Waals surface area contributed by atoms with Crippen molar-refractivity contribution in [3.63, 3.8) is 0 Å². The Labute approximate surface area is 126 Å². The Bertz CT molecular complexity index is 566. The topological polar surface area (TPSA) is 43.0 Å². The smallest absolute Gasteiger partial charge is 0.105 e. The number of likely N-dealkylation sites (N-methyl/N-ethyl adjacent to an activating group) is 1. The maximum absolute atomic E-state index is 5.45. The van der Waals surface area contributed by atoms with Gasteiger partial charge in [-0.3, -0.25) is 4.68 Å². The highest BCUT2D eigenvalue weighted by molar-refractivity contribution is 5.22. The van der Waals surface area contributed by atoms with Gasteiger partial charge in [0, 0.05) is 24.2 Å². The minimum absolute atomic E-state index is 0.278. The number of hydrogen-bond acceptors (Lipinski definition) is 3. The summed E-state index contributed by atoms with van der Waals surface area (Å²) in [4.78, 5) is 0. The van der Waals surface area contributed by atoms with E-state index in [1.54, 1.807) is 6.26 Å². The molecule has 0 radical (unpaired) electrons. The van der Waals surface area contributed by atoms with Gasteiger partial charge in [-0.2, -0.15) is 5.10 Å². The third-order valence-electron chi connectivity index (χ3n) is 4.50. The summed E-state index contributed by atoms with van der Waals surface area (Å²) in [5, 5.41) is 8.34. The molecular formula is C17H25N3O. The Balaban J connectivity index is 1.72. The summed E-state index contributed by atoms with van der Waals surface area (Å²) >= 11 is 0. The highest BCUT2D eigenvalue weighted by Gasteiger charge is 2.20. The zero-order valence-corrected chi connectivity index (χ0v) is 13.0. The number of rotatable bonds is 6. The molecule has 4 heteroatoms. The second-order valence-corrected chi connectivity index (χ2v) is 5.97. The van der Waals surface area contributed by atoms with Crippen molar-refractivity contribution in [3.8, 4) is 0 Å². The van der Waals surface area contributed by atoms with Gasteiger partial charge in [-0.1, -0.05) is 19.8 Å². The molecule has 21 heavy (non-hydrogen) atoms. The van der Waals surface area contributed by atoms with Crippen LogP contribution in [0.15, 0.2) is 29.0 Å². The lowest BCUT2D eigenvalue weighted by molar-refractivity contribution is 0.455. The molecule has 3 rings (SSSR count). The Hall–Kier alpha value is -1.55. The first-order chi connectivity index (χ1) is 10.3. The molecular weight excluding hydrogens is 262 g/mol. The second kappa shape index (κ2) is 6.48. The molecule has 0 aliphatic heterocycles. The lowest BCUT2D eigenvalue weighted by Crippen LogP contribution is -2.23. The molecule has 0 spiro atoms. The molecule has 1 aliphatic carbocycles. The molecule has 0 amide bonds. The van der Waals surface area contributed by atoms with Gasteiger partial charge < -0.3 is 9.73 Å². The molecule has 1 N–H and O–H groups in total. The molecule has 1 fully saturated rings. The van der Waals surface area contributed by atoms with E-state index < -0.39 is 0 Å². The second-order valence-electron chi connectivity index (χ2n) is 5.97. The first-order valence-electron chi connectivity index (χ1n) is 8.09. The van der Waals surface area contributed by atoms with Crippen LogP contribution in [0.4, 0.5) is 0 Å². The van der Waals surface area contributed by atoms with E-state index >= 15 is 0 Å². The van der Waals surface area contributed by atoms with Crippen molar-refractivity contribution in [1.82, 2.24) is 15.1 Å². The number of furan rings is 1. The summed E-state index contributed by atoms with van der Waals surface area (Å²) in [6, 6.07) is 5.13. The summed E-state index contributed by atoms with van der Waals surface area (Å²) in [5.74, 6) is 0.996. The summed E-state index contributed by atoms with van der Waals surface area (Å²) in [6.07, 6.45) is 10.1. The van der Waals surface area contributed by atoms with Crippen molar-refractivity contribution in [2.75, 3.05) is 6.54 Å². The summed E-state index contributed by atoms with van der Waals surface area (Å²) in [7, 11) is 0. The quantitative estimate of drug-likeness (QED) is 0.879. The normalized spacial score (nSPS) is 17.4. The molecule has 1 unspecified atom stereocenters. The number of hydrogen-bond donors (Lipinski definition) is 1. The molecule has 0 bridgehead atoms. The molecule has 0 aromatic carbocycles.